The fourth-order valence-electron chi connectivity index (χ4n) is 3.49. The zero-order valence-electron chi connectivity index (χ0n) is 12.0. The molecule has 0 amide bonds. The van der Waals surface area contributed by atoms with Crippen molar-refractivity contribution in [2.45, 2.75) is 51.0 Å². The molecule has 2 aliphatic rings. The number of hydrogen-bond donors (Lipinski definition) is 0. The van der Waals surface area contributed by atoms with E-state index in [2.05, 4.69) is 23.9 Å². The van der Waals surface area contributed by atoms with Gasteiger partial charge in [0.1, 0.15) is 5.78 Å². The lowest BCUT2D eigenvalue weighted by molar-refractivity contribution is -0.125. The van der Waals surface area contributed by atoms with Gasteiger partial charge < -0.3 is 4.90 Å². The first-order chi connectivity index (χ1) is 8.66. The van der Waals surface area contributed by atoms with Gasteiger partial charge in [0.15, 0.2) is 0 Å². The second-order valence-electron chi connectivity index (χ2n) is 6.33. The third-order valence-electron chi connectivity index (χ3n) is 4.49. The number of carbonyl (C=O) groups excluding carboxylic acids is 1. The Labute approximate surface area is 112 Å². The number of likely N-dealkylation sites (N-methyl/N-ethyl adjacent to an activating group) is 1. The van der Waals surface area contributed by atoms with Crippen molar-refractivity contribution in [3.8, 4) is 0 Å². The third-order valence-corrected chi connectivity index (χ3v) is 4.49. The zero-order valence-corrected chi connectivity index (χ0v) is 12.0. The molecule has 1 aliphatic carbocycles. The van der Waals surface area contributed by atoms with Crippen molar-refractivity contribution in [2.75, 3.05) is 33.7 Å². The molecule has 1 heterocycles. The highest BCUT2D eigenvalue weighted by atomic mass is 16.1. The average Bonchev–Trinajstić information content (AvgIpc) is 2.77. The molecule has 1 saturated heterocycles. The Bertz CT molecular complexity index is 272. The summed E-state index contributed by atoms with van der Waals surface area (Å²) in [6.45, 7) is 2.93. The van der Waals surface area contributed by atoms with E-state index in [-0.39, 0.29) is 0 Å². The van der Waals surface area contributed by atoms with Crippen molar-refractivity contribution in [3.05, 3.63) is 0 Å². The van der Waals surface area contributed by atoms with Crippen LogP contribution in [-0.4, -0.2) is 55.4 Å². The molecular weight excluding hydrogens is 224 g/mol. The Morgan fingerprint density at radius 3 is 2.50 bits per heavy atom. The Morgan fingerprint density at radius 2 is 1.83 bits per heavy atom. The maximum Gasteiger partial charge on any atom is 0.149 e. The van der Waals surface area contributed by atoms with E-state index < -0.39 is 0 Å². The van der Waals surface area contributed by atoms with Gasteiger partial charge in [0.05, 0.1) is 6.54 Å². The smallest absolute Gasteiger partial charge is 0.149 e. The van der Waals surface area contributed by atoms with Crippen LogP contribution in [0.4, 0.5) is 0 Å². The van der Waals surface area contributed by atoms with Gasteiger partial charge in [0.25, 0.3) is 0 Å². The number of rotatable bonds is 5. The zero-order chi connectivity index (χ0) is 13.0. The van der Waals surface area contributed by atoms with Crippen LogP contribution in [0.3, 0.4) is 0 Å². The second kappa shape index (κ2) is 6.67. The molecule has 0 N–H and O–H groups in total. The van der Waals surface area contributed by atoms with Gasteiger partial charge in [-0.1, -0.05) is 19.3 Å². The van der Waals surface area contributed by atoms with Crippen LogP contribution in [0.15, 0.2) is 0 Å². The number of carbonyl (C=O) groups is 1. The highest BCUT2D eigenvalue weighted by molar-refractivity contribution is 5.83. The maximum absolute atomic E-state index is 12.3. The Morgan fingerprint density at radius 1 is 1.11 bits per heavy atom. The lowest BCUT2D eigenvalue weighted by Crippen LogP contribution is -2.41. The van der Waals surface area contributed by atoms with Crippen LogP contribution in [0.5, 0.6) is 0 Å². The summed E-state index contributed by atoms with van der Waals surface area (Å²) in [7, 11) is 4.25. The molecule has 1 unspecified atom stereocenters. The molecular formula is C15H28N2O. The van der Waals surface area contributed by atoms with E-state index in [0.29, 0.717) is 24.3 Å². The number of ketones is 1. The van der Waals surface area contributed by atoms with Crippen LogP contribution < -0.4 is 0 Å². The predicted molar refractivity (Wildman–Crippen MR) is 74.7 cm³/mol. The summed E-state index contributed by atoms with van der Waals surface area (Å²) in [5.74, 6) is 0.889. The lowest BCUT2D eigenvalue weighted by atomic mass is 9.86. The van der Waals surface area contributed by atoms with Gasteiger partial charge >= 0.3 is 0 Å². The van der Waals surface area contributed by atoms with Crippen LogP contribution in [0.1, 0.15) is 44.9 Å². The summed E-state index contributed by atoms with van der Waals surface area (Å²) in [4.78, 5) is 17.0. The van der Waals surface area contributed by atoms with Crippen LogP contribution in [0, 0.1) is 5.92 Å². The summed E-state index contributed by atoms with van der Waals surface area (Å²) in [5.41, 5.74) is 0. The summed E-state index contributed by atoms with van der Waals surface area (Å²) < 4.78 is 0. The van der Waals surface area contributed by atoms with Crippen LogP contribution in [-0.2, 0) is 4.79 Å². The predicted octanol–water partition coefficient (Wildman–Crippen LogP) is 2.16. The molecule has 3 heteroatoms. The Hall–Kier alpha value is -0.410. The number of nitrogens with zero attached hydrogens (tertiary/aromatic N) is 2. The molecule has 2 fully saturated rings. The fourth-order valence-corrected chi connectivity index (χ4v) is 3.49. The van der Waals surface area contributed by atoms with E-state index in [4.69, 9.17) is 0 Å². The first-order valence-corrected chi connectivity index (χ1v) is 7.58. The summed E-state index contributed by atoms with van der Waals surface area (Å²) in [6.07, 6.45) is 8.66. The molecule has 0 aromatic carbocycles. The normalized spacial score (nSPS) is 26.9. The van der Waals surface area contributed by atoms with E-state index in [0.717, 1.165) is 25.9 Å². The van der Waals surface area contributed by atoms with Gasteiger partial charge in [-0.3, -0.25) is 9.69 Å². The summed E-state index contributed by atoms with van der Waals surface area (Å²) in [6, 6.07) is 0.604. The van der Waals surface area contributed by atoms with E-state index in [9.17, 15) is 4.79 Å². The van der Waals surface area contributed by atoms with Crippen LogP contribution in [0.2, 0.25) is 0 Å². The first-order valence-electron chi connectivity index (χ1n) is 7.58. The molecule has 1 aliphatic heterocycles. The summed E-state index contributed by atoms with van der Waals surface area (Å²) in [5, 5.41) is 0. The van der Waals surface area contributed by atoms with Crippen molar-refractivity contribution in [1.82, 2.24) is 9.80 Å². The average molecular weight is 252 g/mol. The SMILES string of the molecule is CN(C)CC1CCCN1CC(=O)C1CCCCC1. The van der Waals surface area contributed by atoms with E-state index in [1.807, 2.05) is 0 Å². The monoisotopic (exact) mass is 252 g/mol. The van der Waals surface area contributed by atoms with E-state index >= 15 is 0 Å². The second-order valence-corrected chi connectivity index (χ2v) is 6.33. The van der Waals surface area contributed by atoms with Crippen LogP contribution >= 0.6 is 0 Å². The largest absolute Gasteiger partial charge is 0.308 e. The topological polar surface area (TPSA) is 23.6 Å². The van der Waals surface area contributed by atoms with Gasteiger partial charge in [0, 0.05) is 18.5 Å². The molecule has 0 aromatic heterocycles. The van der Waals surface area contributed by atoms with E-state index in [1.165, 1.54) is 32.1 Å². The number of Topliss-reactive ketones (excluding diaryl/α,β-unsaturated/α-hetero) is 1. The van der Waals surface area contributed by atoms with Gasteiger partial charge in [-0.25, -0.2) is 0 Å². The van der Waals surface area contributed by atoms with Crippen molar-refractivity contribution in [3.63, 3.8) is 0 Å². The molecule has 2 rings (SSSR count). The molecule has 0 radical (unpaired) electrons. The Kier molecular flexibility index (Phi) is 5.19. The lowest BCUT2D eigenvalue weighted by Gasteiger charge is -2.28. The molecule has 18 heavy (non-hydrogen) atoms. The van der Waals surface area contributed by atoms with E-state index in [1.54, 1.807) is 0 Å². The maximum atomic E-state index is 12.3. The summed E-state index contributed by atoms with van der Waals surface area (Å²) >= 11 is 0. The molecule has 3 nitrogen and oxygen atoms in total. The van der Waals surface area contributed by atoms with Crippen molar-refractivity contribution in [2.24, 2.45) is 5.92 Å². The van der Waals surface area contributed by atoms with Gasteiger partial charge in [-0.2, -0.15) is 0 Å². The van der Waals surface area contributed by atoms with Crippen molar-refractivity contribution in [1.29, 1.82) is 0 Å². The minimum atomic E-state index is 0.374. The molecule has 0 aromatic rings. The van der Waals surface area contributed by atoms with Crippen molar-refractivity contribution < 1.29 is 4.79 Å². The third kappa shape index (κ3) is 3.79. The van der Waals surface area contributed by atoms with Gasteiger partial charge in [-0.05, 0) is 46.3 Å². The molecule has 1 saturated carbocycles. The minimum Gasteiger partial charge on any atom is -0.308 e. The minimum absolute atomic E-state index is 0.374. The number of likely N-dealkylation sites (tertiary alicyclic amines) is 1. The number of hydrogen-bond acceptors (Lipinski definition) is 3. The molecule has 0 bridgehead atoms. The van der Waals surface area contributed by atoms with Gasteiger partial charge in [0.2, 0.25) is 0 Å². The quantitative estimate of drug-likeness (QED) is 0.749. The standard InChI is InChI=1S/C15H28N2O/c1-16(2)11-14-9-6-10-17(14)12-15(18)13-7-4-3-5-8-13/h13-14H,3-12H2,1-2H3. The molecule has 104 valence electrons. The van der Waals surface area contributed by atoms with Crippen LogP contribution in [0.25, 0.3) is 0 Å². The van der Waals surface area contributed by atoms with Crippen molar-refractivity contribution >= 4 is 5.78 Å². The first kappa shape index (κ1) is 14.0. The highest BCUT2D eigenvalue weighted by Crippen LogP contribution is 2.26. The molecule has 1 atom stereocenters. The van der Waals surface area contributed by atoms with Gasteiger partial charge in [-0.15, -0.1) is 0 Å². The fraction of sp³-hybridized carbons (Fsp3) is 0.933. The highest BCUT2D eigenvalue weighted by Gasteiger charge is 2.29. The molecule has 0 spiro atoms. The Balaban J connectivity index is 1.81.